The summed E-state index contributed by atoms with van der Waals surface area (Å²) in [7, 11) is 1.24. The Morgan fingerprint density at radius 3 is 2.50 bits per heavy atom. The molecule has 1 unspecified atom stereocenters. The third-order valence-electron chi connectivity index (χ3n) is 2.11. The maximum absolute atomic E-state index is 12.6. The summed E-state index contributed by atoms with van der Waals surface area (Å²) in [5, 5.41) is 4.18. The number of anilines is 1. The molecule has 0 aliphatic carbocycles. The van der Waals surface area contributed by atoms with Gasteiger partial charge >= 0.3 is 6.18 Å². The highest BCUT2D eigenvalue weighted by Gasteiger charge is 2.40. The molecule has 0 heterocycles. The summed E-state index contributed by atoms with van der Waals surface area (Å²) in [5.41, 5.74) is -0.0809. The number of carbonyl (C=O) groups is 1. The quantitative estimate of drug-likeness (QED) is 0.814. The standard InChI is InChI=1S/C11H10F4N2O/c1-16-10(18)6-9(11(13,14)15)17-8-4-2-7(12)3-5-8/h2,4,9,17H,6H2,1H3,(H,16,18). The predicted octanol–water partition coefficient (Wildman–Crippen LogP) is 1.90. The van der Waals surface area contributed by atoms with Crippen LogP contribution in [0.15, 0.2) is 12.1 Å². The molecule has 0 bridgehead atoms. The zero-order valence-corrected chi connectivity index (χ0v) is 9.36. The summed E-state index contributed by atoms with van der Waals surface area (Å²) in [6.07, 6.45) is -5.38. The van der Waals surface area contributed by atoms with Gasteiger partial charge in [-0.2, -0.15) is 17.6 Å². The minimum absolute atomic E-state index is 0.0809. The molecule has 0 radical (unpaired) electrons. The fourth-order valence-electron chi connectivity index (χ4n) is 1.17. The van der Waals surface area contributed by atoms with Gasteiger partial charge in [0, 0.05) is 7.05 Å². The lowest BCUT2D eigenvalue weighted by molar-refractivity contribution is -0.150. The number of nitrogens with one attached hydrogen (secondary N) is 2. The van der Waals surface area contributed by atoms with Gasteiger partial charge in [0.2, 0.25) is 5.91 Å². The molecular weight excluding hydrogens is 252 g/mol. The average molecular weight is 262 g/mol. The predicted molar refractivity (Wildman–Crippen MR) is 56.2 cm³/mol. The molecule has 1 atom stereocenters. The van der Waals surface area contributed by atoms with Crippen LogP contribution >= 0.6 is 0 Å². The molecule has 0 fully saturated rings. The van der Waals surface area contributed by atoms with Gasteiger partial charge < -0.3 is 10.6 Å². The number of carbonyl (C=O) groups excluding carboxylic acids is 1. The van der Waals surface area contributed by atoms with E-state index in [4.69, 9.17) is 0 Å². The van der Waals surface area contributed by atoms with Crippen molar-refractivity contribution in [3.8, 4) is 0 Å². The van der Waals surface area contributed by atoms with E-state index in [-0.39, 0.29) is 5.69 Å². The molecule has 2 N–H and O–H groups in total. The summed E-state index contributed by atoms with van der Waals surface area (Å²) in [6.45, 7) is 0. The molecule has 1 amide bonds. The molecule has 0 aromatic heterocycles. The third kappa shape index (κ3) is 4.13. The Morgan fingerprint density at radius 1 is 1.39 bits per heavy atom. The van der Waals surface area contributed by atoms with Gasteiger partial charge in [-0.15, -0.1) is 0 Å². The van der Waals surface area contributed by atoms with Crippen molar-refractivity contribution in [1.82, 2.24) is 5.32 Å². The van der Waals surface area contributed by atoms with Crippen LogP contribution in [0.4, 0.5) is 23.2 Å². The molecule has 1 aromatic carbocycles. The van der Waals surface area contributed by atoms with Crippen molar-refractivity contribution in [2.24, 2.45) is 0 Å². The maximum atomic E-state index is 12.6. The Balaban J connectivity index is 2.78. The van der Waals surface area contributed by atoms with E-state index in [1.807, 2.05) is 6.07 Å². The first-order chi connectivity index (χ1) is 8.32. The number of rotatable bonds is 4. The van der Waals surface area contributed by atoms with Gasteiger partial charge in [-0.25, -0.2) is 0 Å². The number of amides is 1. The van der Waals surface area contributed by atoms with Gasteiger partial charge in [-0.05, 0) is 24.3 Å². The monoisotopic (exact) mass is 262 g/mol. The van der Waals surface area contributed by atoms with Gasteiger partial charge in [0.05, 0.1) is 12.1 Å². The van der Waals surface area contributed by atoms with Crippen LogP contribution < -0.4 is 10.6 Å². The van der Waals surface area contributed by atoms with Crippen molar-refractivity contribution >= 4 is 11.6 Å². The van der Waals surface area contributed by atoms with Gasteiger partial charge in [0.25, 0.3) is 0 Å². The second-order valence-electron chi connectivity index (χ2n) is 3.46. The Labute approximate surface area is 101 Å². The average Bonchev–Trinajstić information content (AvgIpc) is 2.29. The SMILES string of the molecule is CNC(=O)CC(Nc1c#cc(F)cc1)C(F)(F)F. The van der Waals surface area contributed by atoms with Gasteiger partial charge in [-0.3, -0.25) is 4.79 Å². The van der Waals surface area contributed by atoms with Crippen molar-refractivity contribution < 1.29 is 22.4 Å². The van der Waals surface area contributed by atoms with Crippen LogP contribution in [0.25, 0.3) is 0 Å². The van der Waals surface area contributed by atoms with Crippen LogP contribution in [0.2, 0.25) is 0 Å². The van der Waals surface area contributed by atoms with Crippen LogP contribution in [0, 0.1) is 17.9 Å². The summed E-state index contributed by atoms with van der Waals surface area (Å²) in [6, 6.07) is 4.17. The molecule has 18 heavy (non-hydrogen) atoms. The van der Waals surface area contributed by atoms with Crippen molar-refractivity contribution in [3.05, 3.63) is 30.1 Å². The molecule has 7 heteroatoms. The first-order valence-corrected chi connectivity index (χ1v) is 4.96. The zero-order chi connectivity index (χ0) is 13.8. The van der Waals surface area contributed by atoms with Gasteiger partial charge in [0.1, 0.15) is 6.04 Å². The van der Waals surface area contributed by atoms with Crippen molar-refractivity contribution in [1.29, 1.82) is 0 Å². The molecular formula is C11H10F4N2O. The van der Waals surface area contributed by atoms with Crippen LogP contribution in [-0.4, -0.2) is 25.2 Å². The molecule has 0 saturated heterocycles. The van der Waals surface area contributed by atoms with Crippen molar-refractivity contribution in [2.75, 3.05) is 12.4 Å². The highest BCUT2D eigenvalue weighted by molar-refractivity contribution is 5.76. The van der Waals surface area contributed by atoms with Crippen molar-refractivity contribution in [3.63, 3.8) is 0 Å². The summed E-state index contributed by atoms with van der Waals surface area (Å²) < 4.78 is 50.4. The zero-order valence-electron chi connectivity index (χ0n) is 9.36. The second kappa shape index (κ2) is 5.58. The topological polar surface area (TPSA) is 41.1 Å². The van der Waals surface area contributed by atoms with Crippen LogP contribution in [0.3, 0.4) is 0 Å². The van der Waals surface area contributed by atoms with Crippen LogP contribution in [0.5, 0.6) is 0 Å². The van der Waals surface area contributed by atoms with E-state index in [1.165, 1.54) is 7.05 Å². The number of hydrogen-bond acceptors (Lipinski definition) is 2. The highest BCUT2D eigenvalue weighted by Crippen LogP contribution is 2.25. The fraction of sp³-hybridized carbons (Fsp3) is 0.364. The lowest BCUT2D eigenvalue weighted by atomic mass is 10.1. The van der Waals surface area contributed by atoms with E-state index < -0.39 is 30.4 Å². The number of halogens is 4. The van der Waals surface area contributed by atoms with Crippen LogP contribution in [0.1, 0.15) is 6.42 Å². The molecule has 0 aliphatic heterocycles. The Morgan fingerprint density at radius 2 is 2.06 bits per heavy atom. The fourth-order valence-corrected chi connectivity index (χ4v) is 1.17. The summed E-state index contributed by atoms with van der Waals surface area (Å²) >= 11 is 0. The Kier molecular flexibility index (Phi) is 4.37. The van der Waals surface area contributed by atoms with E-state index in [2.05, 4.69) is 16.7 Å². The van der Waals surface area contributed by atoms with E-state index >= 15 is 0 Å². The first-order valence-electron chi connectivity index (χ1n) is 4.96. The number of alkyl halides is 3. The van der Waals surface area contributed by atoms with E-state index in [0.717, 1.165) is 12.1 Å². The lowest BCUT2D eigenvalue weighted by Gasteiger charge is -2.21. The lowest BCUT2D eigenvalue weighted by Crippen LogP contribution is -2.40. The Hall–Kier alpha value is -1.97. The summed E-state index contributed by atoms with van der Waals surface area (Å²) in [5.74, 6) is -1.48. The minimum atomic E-state index is -4.60. The van der Waals surface area contributed by atoms with E-state index in [1.54, 1.807) is 0 Å². The molecule has 0 aliphatic rings. The van der Waals surface area contributed by atoms with Crippen molar-refractivity contribution in [2.45, 2.75) is 18.6 Å². The third-order valence-corrected chi connectivity index (χ3v) is 2.11. The second-order valence-corrected chi connectivity index (χ2v) is 3.46. The Bertz CT molecular complexity index is 402. The largest absolute Gasteiger partial charge is 0.409 e. The number of hydrogen-bond donors (Lipinski definition) is 2. The van der Waals surface area contributed by atoms with E-state index in [9.17, 15) is 22.4 Å². The maximum Gasteiger partial charge on any atom is 0.409 e. The molecule has 98 valence electrons. The van der Waals surface area contributed by atoms with Crippen LogP contribution in [-0.2, 0) is 4.79 Å². The molecule has 0 saturated carbocycles. The van der Waals surface area contributed by atoms with E-state index in [0.29, 0.717) is 0 Å². The molecule has 0 spiro atoms. The molecule has 3 nitrogen and oxygen atoms in total. The van der Waals surface area contributed by atoms with Gasteiger partial charge in [0.15, 0.2) is 5.82 Å². The minimum Gasteiger partial charge on any atom is -0.367 e. The molecule has 1 rings (SSSR count). The smallest absolute Gasteiger partial charge is 0.367 e. The highest BCUT2D eigenvalue weighted by atomic mass is 19.4. The summed E-state index contributed by atoms with van der Waals surface area (Å²) in [4.78, 5) is 11.0. The first kappa shape index (κ1) is 14.1. The molecule has 1 aromatic rings. The normalized spacial score (nSPS) is 12.5. The van der Waals surface area contributed by atoms with Gasteiger partial charge in [-0.1, -0.05) is 0 Å².